The van der Waals surface area contributed by atoms with Gasteiger partial charge in [-0.25, -0.2) is 0 Å². The molecule has 0 radical (unpaired) electrons. The first kappa shape index (κ1) is 17.2. The number of hydrogen-bond acceptors (Lipinski definition) is 3. The minimum Gasteiger partial charge on any atom is -0.343 e. The molecule has 1 unspecified atom stereocenters. The van der Waals surface area contributed by atoms with Crippen LogP contribution in [0.2, 0.25) is 0 Å². The highest BCUT2D eigenvalue weighted by molar-refractivity contribution is 5.91. The van der Waals surface area contributed by atoms with Gasteiger partial charge in [0, 0.05) is 12.6 Å². The molecule has 1 rings (SSSR count). The van der Waals surface area contributed by atoms with Gasteiger partial charge in [0.05, 0.1) is 6.04 Å². The average Bonchev–Trinajstić information content (AvgIpc) is 2.59. The maximum Gasteiger partial charge on any atom is 0.245 e. The van der Waals surface area contributed by atoms with Gasteiger partial charge in [-0.3, -0.25) is 9.59 Å². The molecule has 106 valence electrons. The highest BCUT2D eigenvalue weighted by Gasteiger charge is 2.34. The Hall–Kier alpha value is -0.810. The third-order valence-corrected chi connectivity index (χ3v) is 3.20. The van der Waals surface area contributed by atoms with Gasteiger partial charge in [-0.15, -0.1) is 12.4 Å². The molecule has 1 saturated heterocycles. The van der Waals surface area contributed by atoms with Crippen LogP contribution in [0.25, 0.3) is 0 Å². The smallest absolute Gasteiger partial charge is 0.245 e. The van der Waals surface area contributed by atoms with Crippen LogP contribution in [-0.4, -0.2) is 41.4 Å². The van der Waals surface area contributed by atoms with Crippen molar-refractivity contribution in [2.24, 2.45) is 11.7 Å². The molecule has 0 aromatic rings. The Morgan fingerprint density at radius 3 is 2.33 bits per heavy atom. The first-order valence-electron chi connectivity index (χ1n) is 6.21. The second-order valence-corrected chi connectivity index (χ2v) is 5.25. The molecule has 1 aliphatic rings. The van der Waals surface area contributed by atoms with Crippen molar-refractivity contribution < 1.29 is 9.59 Å². The summed E-state index contributed by atoms with van der Waals surface area (Å²) in [5, 5.41) is 2.74. The van der Waals surface area contributed by atoms with E-state index in [0.717, 1.165) is 0 Å². The molecule has 5 nitrogen and oxygen atoms in total. The number of rotatable bonds is 4. The monoisotopic (exact) mass is 277 g/mol. The molecule has 0 spiro atoms. The normalized spacial score (nSPS) is 21.2. The number of carbonyl (C=O) groups excluding carboxylic acids is 2. The fraction of sp³-hybridized carbons (Fsp3) is 0.833. The molecule has 0 bridgehead atoms. The largest absolute Gasteiger partial charge is 0.343 e. The predicted molar refractivity (Wildman–Crippen MR) is 73.5 cm³/mol. The van der Waals surface area contributed by atoms with Gasteiger partial charge in [-0.2, -0.15) is 0 Å². The second kappa shape index (κ2) is 6.95. The summed E-state index contributed by atoms with van der Waals surface area (Å²) in [4.78, 5) is 25.5. The topological polar surface area (TPSA) is 75.4 Å². The Balaban J connectivity index is 0.00000289. The van der Waals surface area contributed by atoms with Crippen molar-refractivity contribution in [3.8, 4) is 0 Å². The van der Waals surface area contributed by atoms with E-state index in [9.17, 15) is 9.59 Å². The van der Waals surface area contributed by atoms with Gasteiger partial charge in [0.2, 0.25) is 11.8 Å². The molecule has 0 saturated carbocycles. The van der Waals surface area contributed by atoms with E-state index in [2.05, 4.69) is 5.32 Å². The van der Waals surface area contributed by atoms with E-state index >= 15 is 0 Å². The summed E-state index contributed by atoms with van der Waals surface area (Å²) in [5.41, 5.74) is 5.74. The van der Waals surface area contributed by atoms with Gasteiger partial charge in [0.1, 0.15) is 6.04 Å². The number of likely N-dealkylation sites (tertiary alicyclic amines) is 1. The van der Waals surface area contributed by atoms with Crippen LogP contribution in [0.15, 0.2) is 0 Å². The van der Waals surface area contributed by atoms with Crippen LogP contribution >= 0.6 is 12.4 Å². The first-order chi connectivity index (χ1) is 7.84. The van der Waals surface area contributed by atoms with Crippen LogP contribution in [0.4, 0.5) is 0 Å². The van der Waals surface area contributed by atoms with Crippen LogP contribution < -0.4 is 11.1 Å². The lowest BCUT2D eigenvalue weighted by Crippen LogP contribution is -2.50. The summed E-state index contributed by atoms with van der Waals surface area (Å²) in [6.45, 7) is 8.44. The summed E-state index contributed by atoms with van der Waals surface area (Å²) in [5.74, 6) is -0.152. The van der Waals surface area contributed by atoms with Crippen molar-refractivity contribution in [2.45, 2.75) is 52.2 Å². The van der Waals surface area contributed by atoms with E-state index in [1.807, 2.05) is 27.7 Å². The fourth-order valence-corrected chi connectivity index (χ4v) is 1.92. The molecule has 0 aromatic heterocycles. The molecule has 3 N–H and O–H groups in total. The molecule has 0 aromatic carbocycles. The third-order valence-electron chi connectivity index (χ3n) is 3.20. The summed E-state index contributed by atoms with van der Waals surface area (Å²) < 4.78 is 0. The van der Waals surface area contributed by atoms with Crippen LogP contribution in [0.3, 0.4) is 0 Å². The summed E-state index contributed by atoms with van der Waals surface area (Å²) in [6.07, 6.45) is 0.674. The molecule has 1 fully saturated rings. The predicted octanol–water partition coefficient (Wildman–Crippen LogP) is 0.517. The molecule has 1 heterocycles. The van der Waals surface area contributed by atoms with Crippen molar-refractivity contribution in [3.05, 3.63) is 0 Å². The van der Waals surface area contributed by atoms with Crippen LogP contribution in [0, 0.1) is 5.92 Å². The third kappa shape index (κ3) is 3.85. The Labute approximate surface area is 115 Å². The Bertz CT molecular complexity index is 308. The number of nitrogens with zero attached hydrogens (tertiary/aromatic N) is 1. The van der Waals surface area contributed by atoms with Gasteiger partial charge in [0.15, 0.2) is 0 Å². The van der Waals surface area contributed by atoms with Gasteiger partial charge < -0.3 is 16.0 Å². The van der Waals surface area contributed by atoms with Crippen LogP contribution in [0.5, 0.6) is 0 Å². The number of nitrogens with one attached hydrogen (secondary N) is 1. The van der Waals surface area contributed by atoms with Gasteiger partial charge >= 0.3 is 0 Å². The number of amides is 2. The number of carbonyl (C=O) groups is 2. The summed E-state index contributed by atoms with van der Waals surface area (Å²) in [7, 11) is 0. The molecular weight excluding hydrogens is 254 g/mol. The Kier molecular flexibility index (Phi) is 6.63. The molecule has 2 amide bonds. The SMILES string of the molecule is CC(C)[C@H](N)C(=O)NC1CCN(C(C)C)C1=O.Cl. The highest BCUT2D eigenvalue weighted by atomic mass is 35.5. The number of halogens is 1. The fourth-order valence-electron chi connectivity index (χ4n) is 1.92. The van der Waals surface area contributed by atoms with E-state index in [-0.39, 0.29) is 36.2 Å². The van der Waals surface area contributed by atoms with Gasteiger partial charge in [0.25, 0.3) is 0 Å². The molecule has 1 aliphatic heterocycles. The van der Waals surface area contributed by atoms with Gasteiger partial charge in [-0.05, 0) is 26.2 Å². The van der Waals surface area contributed by atoms with Crippen molar-refractivity contribution in [1.29, 1.82) is 0 Å². The van der Waals surface area contributed by atoms with E-state index in [0.29, 0.717) is 13.0 Å². The maximum absolute atomic E-state index is 11.9. The van der Waals surface area contributed by atoms with Gasteiger partial charge in [-0.1, -0.05) is 13.8 Å². The summed E-state index contributed by atoms with van der Waals surface area (Å²) in [6, 6.07) is -0.756. The lowest BCUT2D eigenvalue weighted by molar-refractivity contribution is -0.134. The van der Waals surface area contributed by atoms with E-state index in [1.54, 1.807) is 4.90 Å². The second-order valence-electron chi connectivity index (χ2n) is 5.25. The quantitative estimate of drug-likeness (QED) is 0.787. The average molecular weight is 278 g/mol. The van der Waals surface area contributed by atoms with Crippen LogP contribution in [-0.2, 0) is 9.59 Å². The molecule has 6 heteroatoms. The number of nitrogens with two attached hydrogens (primary N) is 1. The standard InChI is InChI=1S/C12H23N3O2.ClH/c1-7(2)10(13)11(16)14-9-5-6-15(8(3)4)12(9)17;/h7-10H,5-6,13H2,1-4H3,(H,14,16);1H/t9?,10-;/m0./s1. The van der Waals surface area contributed by atoms with Crippen LogP contribution in [0.1, 0.15) is 34.1 Å². The Morgan fingerprint density at radius 2 is 1.94 bits per heavy atom. The molecular formula is C12H24ClN3O2. The summed E-state index contributed by atoms with van der Waals surface area (Å²) >= 11 is 0. The lowest BCUT2D eigenvalue weighted by atomic mass is 10.0. The van der Waals surface area contributed by atoms with E-state index < -0.39 is 12.1 Å². The highest BCUT2D eigenvalue weighted by Crippen LogP contribution is 2.14. The molecule has 18 heavy (non-hydrogen) atoms. The van der Waals surface area contributed by atoms with Crippen molar-refractivity contribution >= 4 is 24.2 Å². The molecule has 0 aliphatic carbocycles. The van der Waals surface area contributed by atoms with E-state index in [4.69, 9.17) is 5.73 Å². The lowest BCUT2D eigenvalue weighted by Gasteiger charge is -2.22. The minimum atomic E-state index is -0.545. The van der Waals surface area contributed by atoms with E-state index in [1.165, 1.54) is 0 Å². The zero-order valence-corrected chi connectivity index (χ0v) is 12.3. The Morgan fingerprint density at radius 1 is 1.39 bits per heavy atom. The zero-order chi connectivity index (χ0) is 13.2. The maximum atomic E-state index is 11.9. The zero-order valence-electron chi connectivity index (χ0n) is 11.5. The first-order valence-corrected chi connectivity index (χ1v) is 6.21. The van der Waals surface area contributed by atoms with Crippen molar-refractivity contribution in [1.82, 2.24) is 10.2 Å². The van der Waals surface area contributed by atoms with Crippen molar-refractivity contribution in [2.75, 3.05) is 6.54 Å². The minimum absolute atomic E-state index is 0. The molecule has 2 atom stereocenters. The number of hydrogen-bond donors (Lipinski definition) is 2. The van der Waals surface area contributed by atoms with Crippen molar-refractivity contribution in [3.63, 3.8) is 0 Å².